The van der Waals surface area contributed by atoms with E-state index in [4.69, 9.17) is 21.1 Å². The van der Waals surface area contributed by atoms with Crippen LogP contribution in [0.15, 0.2) is 60.7 Å². The Kier molecular flexibility index (Phi) is 8.61. The molecule has 3 aromatic carbocycles. The number of carbonyl (C=O) groups is 1. The number of ether oxygens (including phenoxy) is 2. The highest BCUT2D eigenvalue weighted by molar-refractivity contribution is 6.30. The van der Waals surface area contributed by atoms with Crippen LogP contribution in [0.1, 0.15) is 35.5 Å². The van der Waals surface area contributed by atoms with Gasteiger partial charge < -0.3 is 19.7 Å². The van der Waals surface area contributed by atoms with Crippen molar-refractivity contribution in [2.45, 2.75) is 26.9 Å². The van der Waals surface area contributed by atoms with Crippen molar-refractivity contribution in [1.29, 1.82) is 0 Å². The fourth-order valence-electron chi connectivity index (χ4n) is 4.16. The molecule has 0 saturated heterocycles. The van der Waals surface area contributed by atoms with Crippen molar-refractivity contribution in [3.8, 4) is 22.9 Å². The zero-order valence-electron chi connectivity index (χ0n) is 21.9. The first-order valence-corrected chi connectivity index (χ1v) is 12.6. The summed E-state index contributed by atoms with van der Waals surface area (Å²) in [5.74, 6) is -0.786. The van der Waals surface area contributed by atoms with Crippen LogP contribution in [0.5, 0.6) is 11.5 Å². The molecule has 0 fully saturated rings. The van der Waals surface area contributed by atoms with Crippen molar-refractivity contribution in [1.82, 2.24) is 14.9 Å². The van der Waals surface area contributed by atoms with Crippen LogP contribution in [0.2, 0.25) is 5.02 Å². The van der Waals surface area contributed by atoms with Gasteiger partial charge in [-0.05, 0) is 48.5 Å². The zero-order chi connectivity index (χ0) is 28.1. The number of nitrogens with one attached hydrogen (secondary N) is 1. The van der Waals surface area contributed by atoms with Crippen LogP contribution in [0.4, 0.5) is 20.3 Å². The van der Waals surface area contributed by atoms with Crippen molar-refractivity contribution >= 4 is 29.0 Å². The van der Waals surface area contributed by atoms with E-state index in [1.54, 1.807) is 48.4 Å². The smallest absolute Gasteiger partial charge is 0.260 e. The molecule has 0 spiro atoms. The highest BCUT2D eigenvalue weighted by Gasteiger charge is 2.34. The molecule has 10 heteroatoms. The zero-order valence-corrected chi connectivity index (χ0v) is 22.6. The lowest BCUT2D eigenvalue weighted by molar-refractivity contribution is 0.0766. The third-order valence-electron chi connectivity index (χ3n) is 5.97. The van der Waals surface area contributed by atoms with E-state index in [9.17, 15) is 13.6 Å². The third kappa shape index (κ3) is 5.78. The summed E-state index contributed by atoms with van der Waals surface area (Å²) in [6, 6.07) is 15.6. The molecule has 0 unspecified atom stereocenters. The number of hydrogen-bond donors (Lipinski definition) is 1. The first-order valence-electron chi connectivity index (χ1n) is 12.3. The Hall–Kier alpha value is -4.24. The Morgan fingerprint density at radius 1 is 0.949 bits per heavy atom. The minimum Gasteiger partial charge on any atom is -0.497 e. The number of halogens is 3. The molecule has 1 N–H and O–H groups in total. The maximum Gasteiger partial charge on any atom is 0.260 e. The van der Waals surface area contributed by atoms with Crippen LogP contribution < -0.4 is 14.8 Å². The first-order chi connectivity index (χ1) is 18.9. The van der Waals surface area contributed by atoms with Crippen LogP contribution in [0.3, 0.4) is 0 Å². The molecule has 0 saturated carbocycles. The number of fused-ring (bicyclic) bond motifs is 1. The fraction of sp³-hybridized carbons (Fsp3) is 0.207. The lowest BCUT2D eigenvalue weighted by Crippen LogP contribution is -2.24. The van der Waals surface area contributed by atoms with Crippen LogP contribution in [0, 0.1) is 11.6 Å². The summed E-state index contributed by atoms with van der Waals surface area (Å²) in [5, 5.41) is 3.62. The molecule has 0 aliphatic carbocycles. The van der Waals surface area contributed by atoms with E-state index in [-0.39, 0.29) is 41.8 Å². The summed E-state index contributed by atoms with van der Waals surface area (Å²) in [5.41, 5.74) is 1.55. The summed E-state index contributed by atoms with van der Waals surface area (Å²) in [6.45, 7) is 4.33. The van der Waals surface area contributed by atoms with Gasteiger partial charge in [0.05, 0.1) is 38.6 Å². The Balaban J connectivity index is 0.00000172. The molecular formula is C29H27ClF2N4O3. The Morgan fingerprint density at radius 2 is 1.64 bits per heavy atom. The molecule has 0 bridgehead atoms. The second-order valence-corrected chi connectivity index (χ2v) is 8.72. The molecule has 39 heavy (non-hydrogen) atoms. The van der Waals surface area contributed by atoms with Gasteiger partial charge in [0, 0.05) is 22.3 Å². The second-order valence-electron chi connectivity index (χ2n) is 8.29. The van der Waals surface area contributed by atoms with Crippen molar-refractivity contribution in [3.05, 3.63) is 94.1 Å². The minimum absolute atomic E-state index is 0.115. The number of rotatable bonds is 7. The van der Waals surface area contributed by atoms with E-state index in [1.807, 2.05) is 19.9 Å². The maximum atomic E-state index is 14.6. The predicted octanol–water partition coefficient (Wildman–Crippen LogP) is 7.02. The Morgan fingerprint density at radius 3 is 2.28 bits per heavy atom. The molecule has 202 valence electrons. The molecule has 4 aromatic rings. The van der Waals surface area contributed by atoms with E-state index in [1.165, 1.54) is 13.2 Å². The molecule has 1 aliphatic heterocycles. The number of benzene rings is 3. The summed E-state index contributed by atoms with van der Waals surface area (Å²) < 4.78 is 40.0. The molecule has 0 radical (unpaired) electrons. The van der Waals surface area contributed by atoms with Gasteiger partial charge in [-0.2, -0.15) is 0 Å². The normalized spacial score (nSPS) is 12.0. The van der Waals surface area contributed by atoms with Crippen LogP contribution in [0.25, 0.3) is 11.4 Å². The summed E-state index contributed by atoms with van der Waals surface area (Å²) in [6.07, 6.45) is 0. The van der Waals surface area contributed by atoms with Gasteiger partial charge in [-0.15, -0.1) is 0 Å². The number of carbonyl (C=O) groups excluding carboxylic acids is 1. The number of anilines is 2. The van der Waals surface area contributed by atoms with Crippen molar-refractivity contribution in [3.63, 3.8) is 0 Å². The summed E-state index contributed by atoms with van der Waals surface area (Å²) >= 11 is 6.00. The average molecular weight is 553 g/mol. The molecular weight excluding hydrogens is 526 g/mol. The van der Waals surface area contributed by atoms with Gasteiger partial charge in [0.1, 0.15) is 34.5 Å². The van der Waals surface area contributed by atoms with Crippen molar-refractivity contribution in [2.75, 3.05) is 19.5 Å². The van der Waals surface area contributed by atoms with E-state index < -0.39 is 11.6 Å². The minimum atomic E-state index is -0.804. The maximum absolute atomic E-state index is 14.6. The van der Waals surface area contributed by atoms with E-state index in [0.29, 0.717) is 27.9 Å². The molecule has 1 amide bonds. The number of amides is 1. The molecule has 7 nitrogen and oxygen atoms in total. The predicted molar refractivity (Wildman–Crippen MR) is 147 cm³/mol. The van der Waals surface area contributed by atoms with Crippen molar-refractivity contribution < 1.29 is 23.0 Å². The molecule has 1 aromatic heterocycles. The largest absolute Gasteiger partial charge is 0.497 e. The van der Waals surface area contributed by atoms with E-state index in [0.717, 1.165) is 17.7 Å². The highest BCUT2D eigenvalue weighted by Crippen LogP contribution is 2.35. The Labute approximate surface area is 230 Å². The summed E-state index contributed by atoms with van der Waals surface area (Å²) in [4.78, 5) is 23.9. The van der Waals surface area contributed by atoms with Gasteiger partial charge >= 0.3 is 0 Å². The monoisotopic (exact) mass is 552 g/mol. The lowest BCUT2D eigenvalue weighted by atomic mass is 10.1. The third-order valence-corrected chi connectivity index (χ3v) is 6.23. The van der Waals surface area contributed by atoms with Crippen LogP contribution in [-0.4, -0.2) is 35.0 Å². The van der Waals surface area contributed by atoms with Gasteiger partial charge in [-0.1, -0.05) is 31.5 Å². The first kappa shape index (κ1) is 27.8. The number of hydrogen-bond acceptors (Lipinski definition) is 6. The molecule has 0 atom stereocenters. The number of methoxy groups -OCH3 is 2. The van der Waals surface area contributed by atoms with Crippen LogP contribution in [-0.2, 0) is 13.1 Å². The van der Waals surface area contributed by atoms with Gasteiger partial charge in [-0.3, -0.25) is 4.79 Å². The van der Waals surface area contributed by atoms with Gasteiger partial charge in [-0.25, -0.2) is 18.7 Å². The lowest BCUT2D eigenvalue weighted by Gasteiger charge is -2.18. The standard InChI is InChI=1S/C27H21ClF2N4O3.C2H6/c1-36-18-11-6-15(22(12-18)37-2)13-34-14-21-24(27(34)35)26(31-17-9-7-16(28)8-10-17)33-25(32-21)23-19(29)4-3-5-20(23)30;1-2/h3-12H,13-14H2,1-2H3,(H,31,32,33);1-2H3. The van der Waals surface area contributed by atoms with E-state index >= 15 is 0 Å². The topological polar surface area (TPSA) is 76.6 Å². The summed E-state index contributed by atoms with van der Waals surface area (Å²) in [7, 11) is 3.09. The van der Waals surface area contributed by atoms with Gasteiger partial charge in [0.2, 0.25) is 0 Å². The second kappa shape index (κ2) is 12.1. The number of aromatic nitrogens is 2. The quantitative estimate of drug-likeness (QED) is 0.265. The fourth-order valence-corrected chi connectivity index (χ4v) is 4.28. The molecule has 1 aliphatic rings. The van der Waals surface area contributed by atoms with Gasteiger partial charge in [0.15, 0.2) is 5.82 Å². The number of nitrogens with zero attached hydrogens (tertiary/aromatic N) is 3. The van der Waals surface area contributed by atoms with Gasteiger partial charge in [0.25, 0.3) is 5.91 Å². The van der Waals surface area contributed by atoms with E-state index in [2.05, 4.69) is 15.3 Å². The Bertz CT molecular complexity index is 1480. The van der Waals surface area contributed by atoms with Crippen molar-refractivity contribution in [2.24, 2.45) is 0 Å². The average Bonchev–Trinajstić information content (AvgIpc) is 3.26. The van der Waals surface area contributed by atoms with Crippen LogP contribution >= 0.6 is 11.6 Å². The molecule has 2 heterocycles. The molecule has 5 rings (SSSR count). The highest BCUT2D eigenvalue weighted by atomic mass is 35.5. The SMILES string of the molecule is CC.COc1ccc(CN2Cc3nc(-c4c(F)cccc4F)nc(Nc4ccc(Cl)cc4)c3C2=O)c(OC)c1.